The lowest BCUT2D eigenvalue weighted by molar-refractivity contribution is -0.135. The van der Waals surface area contributed by atoms with Crippen LogP contribution >= 0.6 is 11.6 Å². The third-order valence-corrected chi connectivity index (χ3v) is 2.65. The average molecular weight is 284 g/mol. The van der Waals surface area contributed by atoms with Crippen molar-refractivity contribution in [3.8, 4) is 0 Å². The number of hydrogen-bond donors (Lipinski definition) is 1. The van der Waals surface area contributed by atoms with Gasteiger partial charge in [0.05, 0.1) is 11.9 Å². The van der Waals surface area contributed by atoms with Gasteiger partial charge in [-0.05, 0) is 12.8 Å². The summed E-state index contributed by atoms with van der Waals surface area (Å²) >= 11 is 5.77. The number of aromatic nitrogens is 2. The molecule has 0 aromatic carbocycles. The van der Waals surface area contributed by atoms with Crippen molar-refractivity contribution in [1.82, 2.24) is 9.78 Å². The molecular formula is C10H13ClF3N3O. The molecule has 0 fully saturated rings. The van der Waals surface area contributed by atoms with Crippen LogP contribution in [0.1, 0.15) is 19.3 Å². The highest BCUT2D eigenvalue weighted by atomic mass is 35.5. The number of unbranched alkanes of at least 4 members (excludes halogenated alkanes) is 1. The van der Waals surface area contributed by atoms with Crippen molar-refractivity contribution in [1.29, 1.82) is 0 Å². The number of nitrogens with one attached hydrogen (secondary N) is 1. The number of nitrogens with zero attached hydrogens (tertiary/aromatic N) is 2. The third kappa shape index (κ3) is 4.56. The number of rotatable bonds is 5. The molecule has 0 spiro atoms. The highest BCUT2D eigenvalue weighted by molar-refractivity contribution is 6.32. The predicted molar refractivity (Wildman–Crippen MR) is 62.9 cm³/mol. The molecule has 102 valence electrons. The average Bonchev–Trinajstić information content (AvgIpc) is 2.27. The quantitative estimate of drug-likeness (QED) is 0.845. The van der Waals surface area contributed by atoms with Crippen molar-refractivity contribution in [2.75, 3.05) is 11.9 Å². The smallest absolute Gasteiger partial charge is 0.382 e. The van der Waals surface area contributed by atoms with Crippen LogP contribution in [0.15, 0.2) is 11.0 Å². The van der Waals surface area contributed by atoms with Crippen molar-refractivity contribution in [3.63, 3.8) is 0 Å². The molecule has 1 N–H and O–H groups in total. The summed E-state index contributed by atoms with van der Waals surface area (Å²) in [5.41, 5.74) is -0.108. The standard InChI is InChI=1S/C10H13ClF3N3O/c1-17-9(18)8(11)7(6-16-17)15-5-3-2-4-10(12,13)14/h6,15H,2-5H2,1H3. The van der Waals surface area contributed by atoms with Gasteiger partial charge in [-0.2, -0.15) is 18.3 Å². The van der Waals surface area contributed by atoms with Crippen molar-refractivity contribution < 1.29 is 13.2 Å². The monoisotopic (exact) mass is 283 g/mol. The van der Waals surface area contributed by atoms with Crippen LogP contribution in [0.2, 0.25) is 5.02 Å². The Kier molecular flexibility index (Phi) is 5.01. The van der Waals surface area contributed by atoms with Gasteiger partial charge in [0.15, 0.2) is 0 Å². The number of halogens is 4. The molecule has 0 radical (unpaired) electrons. The maximum absolute atomic E-state index is 11.9. The lowest BCUT2D eigenvalue weighted by Crippen LogP contribution is -2.21. The number of anilines is 1. The van der Waals surface area contributed by atoms with Crippen LogP contribution in [-0.2, 0) is 7.05 Å². The van der Waals surface area contributed by atoms with Gasteiger partial charge >= 0.3 is 6.18 Å². The van der Waals surface area contributed by atoms with Crippen molar-refractivity contribution >= 4 is 17.3 Å². The predicted octanol–water partition coefficient (Wildman–Crippen LogP) is 2.58. The van der Waals surface area contributed by atoms with Crippen LogP contribution < -0.4 is 10.9 Å². The first kappa shape index (κ1) is 14.8. The molecule has 0 unspecified atom stereocenters. The maximum Gasteiger partial charge on any atom is 0.389 e. The summed E-state index contributed by atoms with van der Waals surface area (Å²) < 4.78 is 36.7. The van der Waals surface area contributed by atoms with Crippen LogP contribution in [0, 0.1) is 0 Å². The van der Waals surface area contributed by atoms with E-state index in [2.05, 4.69) is 10.4 Å². The Bertz CT molecular complexity index is 459. The minimum atomic E-state index is -4.12. The minimum Gasteiger partial charge on any atom is -0.382 e. The molecule has 0 saturated carbocycles. The molecule has 0 aliphatic carbocycles. The van der Waals surface area contributed by atoms with Gasteiger partial charge in [-0.25, -0.2) is 4.68 Å². The summed E-state index contributed by atoms with van der Waals surface area (Å²) in [4.78, 5) is 11.4. The molecular weight excluding hydrogens is 271 g/mol. The molecule has 1 rings (SSSR count). The first-order chi connectivity index (χ1) is 8.31. The molecule has 18 heavy (non-hydrogen) atoms. The molecule has 1 aromatic heterocycles. The Balaban J connectivity index is 2.41. The fraction of sp³-hybridized carbons (Fsp3) is 0.600. The Labute approximate surface area is 107 Å². The van der Waals surface area contributed by atoms with E-state index in [0.29, 0.717) is 18.7 Å². The van der Waals surface area contributed by atoms with Gasteiger partial charge in [0.25, 0.3) is 5.56 Å². The van der Waals surface area contributed by atoms with E-state index in [4.69, 9.17) is 11.6 Å². The summed E-state index contributed by atoms with van der Waals surface area (Å²) in [6.07, 6.45) is -3.19. The highest BCUT2D eigenvalue weighted by Crippen LogP contribution is 2.22. The van der Waals surface area contributed by atoms with E-state index >= 15 is 0 Å². The second-order valence-corrected chi connectivity index (χ2v) is 4.18. The van der Waals surface area contributed by atoms with Crippen molar-refractivity contribution in [2.24, 2.45) is 7.05 Å². The van der Waals surface area contributed by atoms with Crippen LogP contribution in [0.5, 0.6) is 0 Å². The van der Waals surface area contributed by atoms with Gasteiger partial charge in [-0.1, -0.05) is 11.6 Å². The van der Waals surface area contributed by atoms with E-state index in [1.807, 2.05) is 0 Å². The van der Waals surface area contributed by atoms with E-state index in [9.17, 15) is 18.0 Å². The van der Waals surface area contributed by atoms with Gasteiger partial charge in [0, 0.05) is 20.0 Å². The summed E-state index contributed by atoms with van der Waals surface area (Å²) in [5.74, 6) is 0. The SMILES string of the molecule is Cn1ncc(NCCCCC(F)(F)F)c(Cl)c1=O. The minimum absolute atomic E-state index is 0.0108. The second-order valence-electron chi connectivity index (χ2n) is 3.80. The van der Waals surface area contributed by atoms with E-state index in [1.54, 1.807) is 0 Å². The Morgan fingerprint density at radius 1 is 1.44 bits per heavy atom. The van der Waals surface area contributed by atoms with Crippen LogP contribution in [0.4, 0.5) is 18.9 Å². The fourth-order valence-corrected chi connectivity index (χ4v) is 1.55. The zero-order chi connectivity index (χ0) is 13.8. The number of aryl methyl sites for hydroxylation is 1. The van der Waals surface area contributed by atoms with Gasteiger partial charge in [-0.3, -0.25) is 4.79 Å². The third-order valence-electron chi connectivity index (χ3n) is 2.28. The molecule has 8 heteroatoms. The van der Waals surface area contributed by atoms with Crippen molar-refractivity contribution in [3.05, 3.63) is 21.6 Å². The largest absolute Gasteiger partial charge is 0.389 e. The topological polar surface area (TPSA) is 46.9 Å². The van der Waals surface area contributed by atoms with Gasteiger partial charge in [0.1, 0.15) is 5.02 Å². The van der Waals surface area contributed by atoms with Gasteiger partial charge in [-0.15, -0.1) is 0 Å². The fourth-order valence-electron chi connectivity index (χ4n) is 1.31. The van der Waals surface area contributed by atoms with E-state index in [1.165, 1.54) is 13.2 Å². The van der Waals surface area contributed by atoms with Crippen LogP contribution in [-0.4, -0.2) is 22.5 Å². The molecule has 0 aliphatic heterocycles. The lowest BCUT2D eigenvalue weighted by Gasteiger charge is -2.09. The van der Waals surface area contributed by atoms with E-state index in [-0.39, 0.29) is 11.4 Å². The first-order valence-corrected chi connectivity index (χ1v) is 5.71. The Morgan fingerprint density at radius 3 is 2.72 bits per heavy atom. The molecule has 1 aromatic rings. The maximum atomic E-state index is 11.9. The molecule has 4 nitrogen and oxygen atoms in total. The Morgan fingerprint density at radius 2 is 2.11 bits per heavy atom. The number of alkyl halides is 3. The number of hydrogen-bond acceptors (Lipinski definition) is 3. The zero-order valence-electron chi connectivity index (χ0n) is 9.72. The van der Waals surface area contributed by atoms with Crippen LogP contribution in [0.25, 0.3) is 0 Å². The molecule has 0 saturated heterocycles. The summed E-state index contributed by atoms with van der Waals surface area (Å²) in [5, 5.41) is 6.54. The summed E-state index contributed by atoms with van der Waals surface area (Å²) in [7, 11) is 1.46. The molecule has 0 amide bonds. The zero-order valence-corrected chi connectivity index (χ0v) is 10.5. The summed E-state index contributed by atoms with van der Waals surface area (Å²) in [6.45, 7) is 0.310. The van der Waals surface area contributed by atoms with E-state index in [0.717, 1.165) is 4.68 Å². The normalized spacial score (nSPS) is 11.6. The summed E-state index contributed by atoms with van der Waals surface area (Å²) in [6, 6.07) is 0. The van der Waals surface area contributed by atoms with Crippen LogP contribution in [0.3, 0.4) is 0 Å². The van der Waals surface area contributed by atoms with E-state index < -0.39 is 18.2 Å². The molecule has 1 heterocycles. The molecule has 0 aliphatic rings. The first-order valence-electron chi connectivity index (χ1n) is 5.33. The molecule has 0 bridgehead atoms. The van der Waals surface area contributed by atoms with Gasteiger partial charge in [0.2, 0.25) is 0 Å². The van der Waals surface area contributed by atoms with Crippen molar-refractivity contribution in [2.45, 2.75) is 25.4 Å². The second kappa shape index (κ2) is 6.08. The highest BCUT2D eigenvalue weighted by Gasteiger charge is 2.25. The Hall–Kier alpha value is -1.24. The van der Waals surface area contributed by atoms with Gasteiger partial charge < -0.3 is 5.32 Å². The molecule has 0 atom stereocenters. The lowest BCUT2D eigenvalue weighted by atomic mass is 10.2.